The van der Waals surface area contributed by atoms with E-state index in [0.29, 0.717) is 32.4 Å². The van der Waals surface area contributed by atoms with Gasteiger partial charge in [0, 0.05) is 63.3 Å². The monoisotopic (exact) mass is 545 g/mol. The summed E-state index contributed by atoms with van der Waals surface area (Å²) in [5, 5.41) is 8.30. The summed E-state index contributed by atoms with van der Waals surface area (Å²) in [5.74, 6) is -2.85. The summed E-state index contributed by atoms with van der Waals surface area (Å²) >= 11 is 0. The fourth-order valence-electron chi connectivity index (χ4n) is 4.12. The van der Waals surface area contributed by atoms with Crippen LogP contribution in [0.4, 0.5) is 0 Å². The zero-order chi connectivity index (χ0) is 28.6. The van der Waals surface area contributed by atoms with Gasteiger partial charge in [0.05, 0.1) is 0 Å². The highest BCUT2D eigenvalue weighted by molar-refractivity contribution is 6.13. The molecule has 0 aromatic heterocycles. The van der Waals surface area contributed by atoms with Gasteiger partial charge in [0.1, 0.15) is 6.04 Å². The smallest absolute Gasteiger partial charge is 0.253 e. The Labute approximate surface area is 228 Å². The van der Waals surface area contributed by atoms with Gasteiger partial charge < -0.3 is 16.0 Å². The molecule has 39 heavy (non-hydrogen) atoms. The molecule has 0 radical (unpaired) electrons. The van der Waals surface area contributed by atoms with Gasteiger partial charge in [-0.2, -0.15) is 0 Å². The Morgan fingerprint density at radius 2 is 1.15 bits per heavy atom. The van der Waals surface area contributed by atoms with E-state index in [0.717, 1.165) is 54.1 Å². The average Bonchev–Trinajstić information content (AvgIpc) is 3.41. The molecule has 1 atom stereocenters. The highest BCUT2D eigenvalue weighted by Crippen LogP contribution is 2.07. The van der Waals surface area contributed by atoms with E-state index in [1.165, 1.54) is 12.2 Å². The van der Waals surface area contributed by atoms with Crippen molar-refractivity contribution in [3.63, 3.8) is 0 Å². The van der Waals surface area contributed by atoms with Gasteiger partial charge in [-0.3, -0.25) is 43.4 Å². The van der Waals surface area contributed by atoms with Crippen LogP contribution in [0.25, 0.3) is 0 Å². The molecule has 1 unspecified atom stereocenters. The molecule has 0 saturated heterocycles. The van der Waals surface area contributed by atoms with Crippen molar-refractivity contribution in [3.05, 3.63) is 24.3 Å². The van der Waals surface area contributed by atoms with Crippen LogP contribution in [0.15, 0.2) is 24.3 Å². The van der Waals surface area contributed by atoms with Crippen molar-refractivity contribution < 1.29 is 33.6 Å². The van der Waals surface area contributed by atoms with Crippen molar-refractivity contribution in [2.75, 3.05) is 26.2 Å². The number of nitrogens with one attached hydrogen (secondary N) is 3. The molecule has 0 spiro atoms. The summed E-state index contributed by atoms with van der Waals surface area (Å²) in [6.45, 7) is 2.91. The Balaban J connectivity index is 1.73. The van der Waals surface area contributed by atoms with E-state index in [1.54, 1.807) is 0 Å². The Bertz CT molecular complexity index is 955. The van der Waals surface area contributed by atoms with Gasteiger partial charge in [-0.1, -0.05) is 32.6 Å². The van der Waals surface area contributed by atoms with Crippen molar-refractivity contribution in [1.29, 1.82) is 0 Å². The summed E-state index contributed by atoms with van der Waals surface area (Å²) in [5.41, 5.74) is 0. The molecule has 12 heteroatoms. The Kier molecular flexibility index (Phi) is 13.6. The van der Waals surface area contributed by atoms with Crippen LogP contribution in [0.1, 0.15) is 71.1 Å². The second kappa shape index (κ2) is 16.9. The average molecular weight is 546 g/mol. The van der Waals surface area contributed by atoms with Gasteiger partial charge in [0.15, 0.2) is 0 Å². The zero-order valence-electron chi connectivity index (χ0n) is 22.5. The van der Waals surface area contributed by atoms with E-state index in [9.17, 15) is 33.6 Å². The standard InChI is InChI=1S/C27H39N5O7/c1-2-3-4-5-7-17-29-27(39)20(30-22(34)15-19-32-25(37)12-13-26(32)38)9-6-8-16-28-21(33)14-18-31-23(35)10-11-24(31)36/h10-13,20H,2-9,14-19H2,1H3,(H,28,33)(H,29,39)(H,30,34). The van der Waals surface area contributed by atoms with Crippen molar-refractivity contribution in [2.45, 2.75) is 77.2 Å². The molecule has 12 nitrogen and oxygen atoms in total. The van der Waals surface area contributed by atoms with Crippen LogP contribution in [0.2, 0.25) is 0 Å². The van der Waals surface area contributed by atoms with Crippen molar-refractivity contribution in [2.24, 2.45) is 0 Å². The number of unbranched alkanes of at least 4 members (excludes halogenated alkanes) is 5. The van der Waals surface area contributed by atoms with Crippen LogP contribution in [0.5, 0.6) is 0 Å². The van der Waals surface area contributed by atoms with Crippen molar-refractivity contribution in [1.82, 2.24) is 25.8 Å². The van der Waals surface area contributed by atoms with Crippen LogP contribution >= 0.6 is 0 Å². The minimum absolute atomic E-state index is 0.00392. The van der Waals surface area contributed by atoms with Crippen LogP contribution in [-0.4, -0.2) is 83.4 Å². The number of imide groups is 2. The summed E-state index contributed by atoms with van der Waals surface area (Å²) in [4.78, 5) is 85.8. The first-order valence-corrected chi connectivity index (χ1v) is 13.6. The predicted octanol–water partition coefficient (Wildman–Crippen LogP) is 0.475. The topological polar surface area (TPSA) is 162 Å². The number of hydrogen-bond donors (Lipinski definition) is 3. The quantitative estimate of drug-likeness (QED) is 0.157. The lowest BCUT2D eigenvalue weighted by Crippen LogP contribution is -2.47. The van der Waals surface area contributed by atoms with Gasteiger partial charge in [-0.05, 0) is 25.7 Å². The van der Waals surface area contributed by atoms with E-state index in [2.05, 4.69) is 22.9 Å². The van der Waals surface area contributed by atoms with Crippen LogP contribution in [0, 0.1) is 0 Å². The molecule has 2 heterocycles. The van der Waals surface area contributed by atoms with E-state index in [1.807, 2.05) is 0 Å². The number of carbonyl (C=O) groups excluding carboxylic acids is 7. The maximum absolute atomic E-state index is 12.8. The molecule has 214 valence electrons. The predicted molar refractivity (Wildman–Crippen MR) is 142 cm³/mol. The van der Waals surface area contributed by atoms with Gasteiger partial charge >= 0.3 is 0 Å². The molecular formula is C27H39N5O7. The minimum Gasteiger partial charge on any atom is -0.356 e. The summed E-state index contributed by atoms with van der Waals surface area (Å²) in [6, 6.07) is -0.786. The van der Waals surface area contributed by atoms with E-state index >= 15 is 0 Å². The maximum Gasteiger partial charge on any atom is 0.253 e. The number of nitrogens with zero attached hydrogens (tertiary/aromatic N) is 2. The molecule has 0 aliphatic carbocycles. The van der Waals surface area contributed by atoms with E-state index < -0.39 is 35.6 Å². The molecule has 2 aliphatic rings. The lowest BCUT2D eigenvalue weighted by molar-refractivity contribution is -0.139. The second-order valence-electron chi connectivity index (χ2n) is 9.49. The molecule has 3 N–H and O–H groups in total. The molecule has 0 saturated carbocycles. The Hall–Kier alpha value is -3.83. The molecule has 0 bridgehead atoms. The largest absolute Gasteiger partial charge is 0.356 e. The van der Waals surface area contributed by atoms with Gasteiger partial charge in [0.2, 0.25) is 17.7 Å². The third-order valence-corrected chi connectivity index (χ3v) is 6.40. The molecule has 0 aromatic carbocycles. The normalized spacial score (nSPS) is 15.3. The Morgan fingerprint density at radius 1 is 0.667 bits per heavy atom. The first-order valence-electron chi connectivity index (χ1n) is 13.6. The lowest BCUT2D eigenvalue weighted by atomic mass is 10.1. The first-order chi connectivity index (χ1) is 18.7. The Morgan fingerprint density at radius 3 is 1.72 bits per heavy atom. The molecule has 0 aromatic rings. The molecule has 2 aliphatic heterocycles. The SMILES string of the molecule is CCCCCCCNC(=O)C(CCCCNC(=O)CCN1C(=O)C=CC1=O)NC(=O)CCN1C(=O)C=CC1=O. The van der Waals surface area contributed by atoms with Gasteiger partial charge in [-0.25, -0.2) is 0 Å². The van der Waals surface area contributed by atoms with E-state index in [4.69, 9.17) is 0 Å². The number of rotatable bonds is 19. The summed E-state index contributed by atoms with van der Waals surface area (Å²) in [7, 11) is 0. The third kappa shape index (κ3) is 11.2. The maximum atomic E-state index is 12.8. The fraction of sp³-hybridized carbons (Fsp3) is 0.593. The van der Waals surface area contributed by atoms with Crippen molar-refractivity contribution in [3.8, 4) is 0 Å². The number of carbonyl (C=O) groups is 7. The first kappa shape index (κ1) is 31.4. The number of hydrogen-bond acceptors (Lipinski definition) is 7. The molecule has 0 fully saturated rings. The summed E-state index contributed by atoms with van der Waals surface area (Å²) in [6.07, 6.45) is 11.2. The van der Waals surface area contributed by atoms with Gasteiger partial charge in [-0.15, -0.1) is 0 Å². The highest BCUT2D eigenvalue weighted by Gasteiger charge is 2.26. The zero-order valence-corrected chi connectivity index (χ0v) is 22.5. The van der Waals surface area contributed by atoms with Crippen molar-refractivity contribution >= 4 is 41.4 Å². The van der Waals surface area contributed by atoms with Crippen LogP contribution in [-0.2, 0) is 33.6 Å². The minimum atomic E-state index is -0.786. The lowest BCUT2D eigenvalue weighted by Gasteiger charge is -2.20. The molecule has 2 rings (SSSR count). The second-order valence-corrected chi connectivity index (χ2v) is 9.49. The number of amides is 7. The summed E-state index contributed by atoms with van der Waals surface area (Å²) < 4.78 is 0. The molecular weight excluding hydrogens is 506 g/mol. The third-order valence-electron chi connectivity index (χ3n) is 6.40. The van der Waals surface area contributed by atoms with Crippen LogP contribution < -0.4 is 16.0 Å². The van der Waals surface area contributed by atoms with Gasteiger partial charge in [0.25, 0.3) is 23.6 Å². The highest BCUT2D eigenvalue weighted by atomic mass is 16.2. The van der Waals surface area contributed by atoms with Crippen LogP contribution in [0.3, 0.4) is 0 Å². The fourth-order valence-corrected chi connectivity index (χ4v) is 4.12. The van der Waals surface area contributed by atoms with E-state index in [-0.39, 0.29) is 37.7 Å². The molecule has 7 amide bonds.